The summed E-state index contributed by atoms with van der Waals surface area (Å²) in [4.78, 5) is 24.9. The Morgan fingerprint density at radius 3 is 3.05 bits per heavy atom. The van der Waals surface area contributed by atoms with Gasteiger partial charge in [-0.25, -0.2) is 4.52 Å². The third-order valence-corrected chi connectivity index (χ3v) is 3.69. The molecule has 0 aromatic carbocycles. The molecule has 104 valence electrons. The number of carbonyl (C=O) groups excluding carboxylic acids is 1. The van der Waals surface area contributed by atoms with E-state index in [0.717, 1.165) is 11.9 Å². The predicted octanol–water partition coefficient (Wildman–Crippen LogP) is 1.27. The molecule has 20 heavy (non-hydrogen) atoms. The van der Waals surface area contributed by atoms with Gasteiger partial charge in [-0.15, -0.1) is 0 Å². The number of nitrogens with zero attached hydrogens (tertiary/aromatic N) is 3. The van der Waals surface area contributed by atoms with Crippen molar-refractivity contribution in [1.29, 1.82) is 0 Å². The molecule has 1 atom stereocenters. The number of rotatable bonds is 3. The van der Waals surface area contributed by atoms with Gasteiger partial charge in [-0.05, 0) is 24.5 Å². The zero-order valence-corrected chi connectivity index (χ0v) is 10.9. The standard InChI is InChI=1S/C14H15N3O3/c18-13(19)7-10-4-6-16(9-10)14(20)11-8-15-17-5-2-1-3-12(11)17/h1-3,5,8,10H,4,6-7,9H2,(H,18,19). The maximum atomic E-state index is 12.5. The number of aliphatic carboxylic acids is 1. The van der Waals surface area contributed by atoms with Crippen LogP contribution in [0.4, 0.5) is 0 Å². The fourth-order valence-electron chi connectivity index (χ4n) is 2.70. The van der Waals surface area contributed by atoms with Crippen molar-refractivity contribution in [2.24, 2.45) is 5.92 Å². The van der Waals surface area contributed by atoms with Gasteiger partial charge in [0, 0.05) is 25.7 Å². The van der Waals surface area contributed by atoms with E-state index in [0.29, 0.717) is 18.7 Å². The number of aromatic nitrogens is 2. The van der Waals surface area contributed by atoms with Gasteiger partial charge in [-0.1, -0.05) is 6.07 Å². The van der Waals surface area contributed by atoms with Crippen molar-refractivity contribution >= 4 is 17.4 Å². The molecule has 1 N–H and O–H groups in total. The van der Waals surface area contributed by atoms with E-state index in [1.165, 1.54) is 0 Å². The van der Waals surface area contributed by atoms with Gasteiger partial charge >= 0.3 is 5.97 Å². The normalized spacial score (nSPS) is 18.6. The summed E-state index contributed by atoms with van der Waals surface area (Å²) in [5.74, 6) is -0.822. The van der Waals surface area contributed by atoms with Crippen LogP contribution in [0.5, 0.6) is 0 Å². The predicted molar refractivity (Wildman–Crippen MR) is 71.5 cm³/mol. The van der Waals surface area contributed by atoms with E-state index < -0.39 is 5.97 Å². The van der Waals surface area contributed by atoms with E-state index >= 15 is 0 Å². The Hall–Kier alpha value is -2.37. The van der Waals surface area contributed by atoms with E-state index in [1.807, 2.05) is 18.2 Å². The minimum atomic E-state index is -0.805. The molecule has 6 heteroatoms. The van der Waals surface area contributed by atoms with Crippen LogP contribution in [0.3, 0.4) is 0 Å². The fraction of sp³-hybridized carbons (Fsp3) is 0.357. The van der Waals surface area contributed by atoms with E-state index in [9.17, 15) is 9.59 Å². The molecule has 0 radical (unpaired) electrons. The molecule has 3 heterocycles. The Morgan fingerprint density at radius 2 is 2.25 bits per heavy atom. The molecule has 1 fully saturated rings. The first kappa shape index (κ1) is 12.7. The van der Waals surface area contributed by atoms with Crippen LogP contribution < -0.4 is 0 Å². The number of carboxylic acids is 1. The van der Waals surface area contributed by atoms with Crippen molar-refractivity contribution in [3.05, 3.63) is 36.2 Å². The highest BCUT2D eigenvalue weighted by Gasteiger charge is 2.29. The van der Waals surface area contributed by atoms with Gasteiger partial charge in [0.05, 0.1) is 17.3 Å². The third-order valence-electron chi connectivity index (χ3n) is 3.69. The molecule has 1 amide bonds. The molecule has 0 bridgehead atoms. The summed E-state index contributed by atoms with van der Waals surface area (Å²) in [6.07, 6.45) is 4.24. The summed E-state index contributed by atoms with van der Waals surface area (Å²) in [5.41, 5.74) is 1.35. The lowest BCUT2D eigenvalue weighted by atomic mass is 10.1. The van der Waals surface area contributed by atoms with Gasteiger partial charge in [0.15, 0.2) is 0 Å². The first-order valence-electron chi connectivity index (χ1n) is 6.58. The van der Waals surface area contributed by atoms with Crippen molar-refractivity contribution in [1.82, 2.24) is 14.5 Å². The lowest BCUT2D eigenvalue weighted by molar-refractivity contribution is -0.138. The Bertz CT molecular complexity index is 664. The van der Waals surface area contributed by atoms with E-state index in [-0.39, 0.29) is 18.2 Å². The topological polar surface area (TPSA) is 74.9 Å². The molecular weight excluding hydrogens is 258 g/mol. The van der Waals surface area contributed by atoms with Gasteiger partial charge in [-0.2, -0.15) is 5.10 Å². The molecule has 1 aliphatic rings. The van der Waals surface area contributed by atoms with Crippen molar-refractivity contribution in [3.63, 3.8) is 0 Å². The van der Waals surface area contributed by atoms with E-state index in [1.54, 1.807) is 21.8 Å². The molecule has 2 aromatic heterocycles. The van der Waals surface area contributed by atoms with Gasteiger partial charge in [0.1, 0.15) is 0 Å². The Balaban J connectivity index is 1.78. The highest BCUT2D eigenvalue weighted by molar-refractivity contribution is 6.00. The SMILES string of the molecule is O=C(O)CC1CCN(C(=O)c2cnn3ccccc23)C1. The van der Waals surface area contributed by atoms with Crippen molar-refractivity contribution in [3.8, 4) is 0 Å². The first-order chi connectivity index (χ1) is 9.65. The summed E-state index contributed by atoms with van der Waals surface area (Å²) >= 11 is 0. The highest BCUT2D eigenvalue weighted by atomic mass is 16.4. The summed E-state index contributed by atoms with van der Waals surface area (Å²) in [5, 5.41) is 13.0. The quantitative estimate of drug-likeness (QED) is 0.913. The molecule has 3 rings (SSSR count). The number of carboxylic acid groups (broad SMARTS) is 1. The lowest BCUT2D eigenvalue weighted by Gasteiger charge is -2.15. The zero-order valence-electron chi connectivity index (χ0n) is 10.9. The molecule has 0 saturated carbocycles. The number of pyridine rings is 1. The van der Waals surface area contributed by atoms with Gasteiger partial charge in [0.25, 0.3) is 5.91 Å². The van der Waals surface area contributed by atoms with E-state index in [4.69, 9.17) is 5.11 Å². The molecule has 2 aromatic rings. The number of fused-ring (bicyclic) bond motifs is 1. The van der Waals surface area contributed by atoms with Crippen molar-refractivity contribution < 1.29 is 14.7 Å². The largest absolute Gasteiger partial charge is 0.481 e. The summed E-state index contributed by atoms with van der Waals surface area (Å²) in [7, 11) is 0. The second-order valence-electron chi connectivity index (χ2n) is 5.09. The molecular formula is C14H15N3O3. The van der Waals surface area contributed by atoms with Crippen LogP contribution in [0.15, 0.2) is 30.6 Å². The lowest BCUT2D eigenvalue weighted by Crippen LogP contribution is -2.28. The molecule has 1 saturated heterocycles. The second-order valence-corrected chi connectivity index (χ2v) is 5.09. The van der Waals surface area contributed by atoms with Gasteiger partial charge in [0.2, 0.25) is 0 Å². The maximum Gasteiger partial charge on any atom is 0.303 e. The highest BCUT2D eigenvalue weighted by Crippen LogP contribution is 2.22. The summed E-state index contributed by atoms with van der Waals surface area (Å²) in [6, 6.07) is 5.57. The van der Waals surface area contributed by atoms with E-state index in [2.05, 4.69) is 5.10 Å². The van der Waals surface area contributed by atoms with Crippen LogP contribution in [0.2, 0.25) is 0 Å². The molecule has 0 spiro atoms. The fourth-order valence-corrected chi connectivity index (χ4v) is 2.70. The average molecular weight is 273 g/mol. The zero-order chi connectivity index (χ0) is 14.1. The smallest absolute Gasteiger partial charge is 0.303 e. The van der Waals surface area contributed by atoms with Gasteiger partial charge < -0.3 is 10.0 Å². The number of carbonyl (C=O) groups is 2. The van der Waals surface area contributed by atoms with Crippen LogP contribution in [0.1, 0.15) is 23.2 Å². The monoisotopic (exact) mass is 273 g/mol. The Morgan fingerprint density at radius 1 is 1.40 bits per heavy atom. The van der Waals surface area contributed by atoms with Gasteiger partial charge in [-0.3, -0.25) is 9.59 Å². The first-order valence-corrected chi connectivity index (χ1v) is 6.58. The Labute approximate surface area is 115 Å². The minimum absolute atomic E-state index is 0.0540. The molecule has 6 nitrogen and oxygen atoms in total. The number of likely N-dealkylation sites (tertiary alicyclic amines) is 1. The van der Waals surface area contributed by atoms with Crippen LogP contribution in [-0.4, -0.2) is 44.6 Å². The molecule has 1 aliphatic heterocycles. The number of amides is 1. The Kier molecular flexibility index (Phi) is 3.14. The van der Waals surface area contributed by atoms with Crippen molar-refractivity contribution in [2.45, 2.75) is 12.8 Å². The van der Waals surface area contributed by atoms with Crippen LogP contribution >= 0.6 is 0 Å². The summed E-state index contributed by atoms with van der Waals surface area (Å²) in [6.45, 7) is 1.12. The summed E-state index contributed by atoms with van der Waals surface area (Å²) < 4.78 is 1.66. The third kappa shape index (κ3) is 2.24. The molecule has 0 aliphatic carbocycles. The average Bonchev–Trinajstić information content (AvgIpc) is 3.03. The second kappa shape index (κ2) is 4.96. The number of hydrogen-bond acceptors (Lipinski definition) is 3. The van der Waals surface area contributed by atoms with Crippen LogP contribution in [-0.2, 0) is 4.79 Å². The maximum absolute atomic E-state index is 12.5. The minimum Gasteiger partial charge on any atom is -0.481 e. The molecule has 1 unspecified atom stereocenters. The van der Waals surface area contributed by atoms with Crippen molar-refractivity contribution in [2.75, 3.05) is 13.1 Å². The van der Waals surface area contributed by atoms with Crippen LogP contribution in [0.25, 0.3) is 5.52 Å². The number of hydrogen-bond donors (Lipinski definition) is 1. The van der Waals surface area contributed by atoms with Crippen LogP contribution in [0, 0.1) is 5.92 Å².